The number of methoxy groups -OCH3 is 1. The third-order valence-corrected chi connectivity index (χ3v) is 4.94. The van der Waals surface area contributed by atoms with E-state index in [-0.39, 0.29) is 11.5 Å². The lowest BCUT2D eigenvalue weighted by Crippen LogP contribution is -2.55. The molecule has 6 heteroatoms. The highest BCUT2D eigenvalue weighted by Crippen LogP contribution is 2.34. The fourth-order valence-corrected chi connectivity index (χ4v) is 3.70. The van der Waals surface area contributed by atoms with E-state index in [1.807, 2.05) is 0 Å². The predicted molar refractivity (Wildman–Crippen MR) is 67.0 cm³/mol. The fraction of sp³-hybridized carbons (Fsp3) is 0.500. The molecule has 5 nitrogen and oxygen atoms in total. The van der Waals surface area contributed by atoms with Gasteiger partial charge in [0, 0.05) is 0 Å². The zero-order chi connectivity index (χ0) is 13.2. The van der Waals surface area contributed by atoms with E-state index in [1.54, 1.807) is 18.2 Å². The predicted octanol–water partition coefficient (Wildman–Crippen LogP) is 0.888. The highest BCUT2D eigenvalue weighted by Gasteiger charge is 2.40. The van der Waals surface area contributed by atoms with Gasteiger partial charge in [-0.25, -0.2) is 13.1 Å². The van der Waals surface area contributed by atoms with Crippen molar-refractivity contribution in [3.05, 3.63) is 24.3 Å². The van der Waals surface area contributed by atoms with E-state index < -0.39 is 15.6 Å². The molecule has 0 saturated heterocycles. The van der Waals surface area contributed by atoms with Crippen LogP contribution in [-0.2, 0) is 10.0 Å². The van der Waals surface area contributed by atoms with Gasteiger partial charge in [0.2, 0.25) is 10.0 Å². The Bertz CT molecular complexity index is 517. The molecule has 2 N–H and O–H groups in total. The van der Waals surface area contributed by atoms with Crippen molar-refractivity contribution in [1.82, 2.24) is 4.72 Å². The Morgan fingerprint density at radius 2 is 2.06 bits per heavy atom. The largest absolute Gasteiger partial charge is 0.495 e. The van der Waals surface area contributed by atoms with E-state index in [2.05, 4.69) is 4.72 Å². The molecule has 0 bridgehead atoms. The van der Waals surface area contributed by atoms with E-state index in [0.717, 1.165) is 6.42 Å². The molecule has 1 aliphatic carbocycles. The van der Waals surface area contributed by atoms with Crippen LogP contribution in [0.3, 0.4) is 0 Å². The van der Waals surface area contributed by atoms with E-state index in [4.69, 9.17) is 4.74 Å². The minimum absolute atomic E-state index is 0.104. The number of ether oxygens (including phenoxy) is 1. The molecule has 1 aromatic carbocycles. The maximum Gasteiger partial charge on any atom is 0.244 e. The molecular formula is C12H17NO4S. The number of hydrogen-bond donors (Lipinski definition) is 2. The lowest BCUT2D eigenvalue weighted by Gasteiger charge is -2.40. The van der Waals surface area contributed by atoms with Crippen LogP contribution in [0.4, 0.5) is 0 Å². The number of para-hydroxylation sites is 1. The van der Waals surface area contributed by atoms with Gasteiger partial charge in [0.05, 0.1) is 19.3 Å². The SMILES string of the molecule is COc1ccccc1S(=O)(=O)NC1(CO)CCC1. The molecule has 100 valence electrons. The molecule has 1 aliphatic rings. The average Bonchev–Trinajstić information content (AvgIpc) is 2.34. The van der Waals surface area contributed by atoms with E-state index in [9.17, 15) is 13.5 Å². The Balaban J connectivity index is 2.31. The second-order valence-corrected chi connectivity index (χ2v) is 6.20. The Kier molecular flexibility index (Phi) is 3.61. The maximum absolute atomic E-state index is 12.3. The number of hydrogen-bond acceptors (Lipinski definition) is 4. The Morgan fingerprint density at radius 1 is 1.39 bits per heavy atom. The van der Waals surface area contributed by atoms with Crippen molar-refractivity contribution < 1.29 is 18.3 Å². The summed E-state index contributed by atoms with van der Waals surface area (Å²) >= 11 is 0. The first kappa shape index (κ1) is 13.3. The lowest BCUT2D eigenvalue weighted by molar-refractivity contribution is 0.110. The summed E-state index contributed by atoms with van der Waals surface area (Å²) in [6.07, 6.45) is 2.25. The van der Waals surface area contributed by atoms with Crippen LogP contribution in [0.5, 0.6) is 5.75 Å². The van der Waals surface area contributed by atoms with Gasteiger partial charge in [0.15, 0.2) is 0 Å². The highest BCUT2D eigenvalue weighted by atomic mass is 32.2. The van der Waals surface area contributed by atoms with Crippen LogP contribution in [-0.4, -0.2) is 32.8 Å². The van der Waals surface area contributed by atoms with Gasteiger partial charge in [-0.3, -0.25) is 0 Å². The average molecular weight is 271 g/mol. The van der Waals surface area contributed by atoms with Gasteiger partial charge in [0.25, 0.3) is 0 Å². The number of aliphatic hydroxyl groups is 1. The van der Waals surface area contributed by atoms with E-state index >= 15 is 0 Å². The summed E-state index contributed by atoms with van der Waals surface area (Å²) in [6, 6.07) is 6.44. The quantitative estimate of drug-likeness (QED) is 0.834. The number of sulfonamides is 1. The summed E-state index contributed by atoms with van der Waals surface area (Å²) in [5.74, 6) is 0.303. The standard InChI is InChI=1S/C12H17NO4S/c1-17-10-5-2-3-6-11(10)18(15,16)13-12(9-14)7-4-8-12/h2-3,5-6,13-14H,4,7-9H2,1H3. The third-order valence-electron chi connectivity index (χ3n) is 3.32. The molecule has 2 rings (SSSR count). The Hall–Kier alpha value is -1.11. The normalized spacial score (nSPS) is 18.1. The fourth-order valence-electron chi connectivity index (χ4n) is 2.08. The van der Waals surface area contributed by atoms with Crippen LogP contribution in [0.1, 0.15) is 19.3 Å². The molecule has 18 heavy (non-hydrogen) atoms. The molecule has 0 heterocycles. The molecular weight excluding hydrogens is 254 g/mol. The summed E-state index contributed by atoms with van der Waals surface area (Å²) in [5.41, 5.74) is -0.695. The van der Waals surface area contributed by atoms with Crippen molar-refractivity contribution in [2.45, 2.75) is 29.7 Å². The number of benzene rings is 1. The summed E-state index contributed by atoms with van der Waals surface area (Å²) in [6.45, 7) is -0.179. The van der Waals surface area contributed by atoms with Gasteiger partial charge >= 0.3 is 0 Å². The van der Waals surface area contributed by atoms with Gasteiger partial charge in [-0.05, 0) is 31.4 Å². The minimum Gasteiger partial charge on any atom is -0.495 e. The minimum atomic E-state index is -3.67. The summed E-state index contributed by atoms with van der Waals surface area (Å²) in [5, 5.41) is 9.32. The van der Waals surface area contributed by atoms with Gasteiger partial charge in [-0.15, -0.1) is 0 Å². The molecule has 1 fully saturated rings. The molecule has 0 aliphatic heterocycles. The zero-order valence-electron chi connectivity index (χ0n) is 10.2. The van der Waals surface area contributed by atoms with Crippen molar-refractivity contribution >= 4 is 10.0 Å². The number of rotatable bonds is 5. The molecule has 0 aromatic heterocycles. The van der Waals surface area contributed by atoms with Gasteiger partial charge in [-0.2, -0.15) is 0 Å². The van der Waals surface area contributed by atoms with Gasteiger partial charge in [-0.1, -0.05) is 12.1 Å². The van der Waals surface area contributed by atoms with Crippen molar-refractivity contribution in [3.8, 4) is 5.75 Å². The molecule has 0 amide bonds. The highest BCUT2D eigenvalue weighted by molar-refractivity contribution is 7.89. The molecule has 1 aromatic rings. The smallest absolute Gasteiger partial charge is 0.244 e. The van der Waals surface area contributed by atoms with Crippen LogP contribution < -0.4 is 9.46 Å². The number of nitrogens with one attached hydrogen (secondary N) is 1. The van der Waals surface area contributed by atoms with Crippen molar-refractivity contribution in [1.29, 1.82) is 0 Å². The van der Waals surface area contributed by atoms with Crippen molar-refractivity contribution in [2.24, 2.45) is 0 Å². The molecule has 0 spiro atoms. The van der Waals surface area contributed by atoms with Gasteiger partial charge in [0.1, 0.15) is 10.6 Å². The maximum atomic E-state index is 12.3. The third kappa shape index (κ3) is 2.36. The molecule has 1 saturated carbocycles. The molecule has 0 atom stereocenters. The second-order valence-electron chi connectivity index (χ2n) is 4.55. The first-order chi connectivity index (χ1) is 8.53. The van der Waals surface area contributed by atoms with Crippen molar-refractivity contribution in [3.63, 3.8) is 0 Å². The summed E-state index contributed by atoms with van der Waals surface area (Å²) in [7, 11) is -2.24. The van der Waals surface area contributed by atoms with Crippen LogP contribution in [0.25, 0.3) is 0 Å². The Morgan fingerprint density at radius 3 is 2.56 bits per heavy atom. The topological polar surface area (TPSA) is 75.6 Å². The summed E-state index contributed by atoms with van der Waals surface area (Å²) < 4.78 is 32.2. The van der Waals surface area contributed by atoms with E-state index in [0.29, 0.717) is 18.6 Å². The number of aliphatic hydroxyl groups excluding tert-OH is 1. The molecule has 0 unspecified atom stereocenters. The van der Waals surface area contributed by atoms with Crippen LogP contribution in [0, 0.1) is 0 Å². The first-order valence-electron chi connectivity index (χ1n) is 5.81. The molecule has 0 radical (unpaired) electrons. The zero-order valence-corrected chi connectivity index (χ0v) is 11.0. The lowest BCUT2D eigenvalue weighted by atomic mass is 9.78. The second kappa shape index (κ2) is 4.87. The van der Waals surface area contributed by atoms with Crippen LogP contribution in [0.15, 0.2) is 29.2 Å². The van der Waals surface area contributed by atoms with Crippen molar-refractivity contribution in [2.75, 3.05) is 13.7 Å². The van der Waals surface area contributed by atoms with E-state index in [1.165, 1.54) is 13.2 Å². The summed E-state index contributed by atoms with van der Waals surface area (Å²) in [4.78, 5) is 0.104. The van der Waals surface area contributed by atoms with Crippen LogP contribution >= 0.6 is 0 Å². The van der Waals surface area contributed by atoms with Crippen LogP contribution in [0.2, 0.25) is 0 Å². The first-order valence-corrected chi connectivity index (χ1v) is 7.29. The Labute approximate surface area is 107 Å². The van der Waals surface area contributed by atoms with Gasteiger partial charge < -0.3 is 9.84 Å². The monoisotopic (exact) mass is 271 g/mol.